The van der Waals surface area contributed by atoms with Gasteiger partial charge in [-0.25, -0.2) is 13.4 Å². The van der Waals surface area contributed by atoms with Gasteiger partial charge in [0.25, 0.3) is 0 Å². The van der Waals surface area contributed by atoms with Crippen molar-refractivity contribution in [2.45, 2.75) is 30.7 Å². The van der Waals surface area contributed by atoms with Gasteiger partial charge < -0.3 is 15.8 Å². The van der Waals surface area contributed by atoms with Gasteiger partial charge in [0.2, 0.25) is 10.0 Å². The molecular weight excluding hydrogens is 503 g/mol. The maximum absolute atomic E-state index is 13.0. The van der Waals surface area contributed by atoms with Crippen LogP contribution in [0.1, 0.15) is 24.8 Å². The summed E-state index contributed by atoms with van der Waals surface area (Å²) in [5.74, 6) is 0.911. The van der Waals surface area contributed by atoms with E-state index in [0.717, 1.165) is 24.9 Å². The molecule has 0 atom stereocenters. The average molecular weight is 530 g/mol. The van der Waals surface area contributed by atoms with Gasteiger partial charge in [-0.3, -0.25) is 0 Å². The van der Waals surface area contributed by atoms with Crippen LogP contribution < -0.4 is 15.8 Å². The van der Waals surface area contributed by atoms with E-state index in [1.165, 1.54) is 0 Å². The Kier molecular flexibility index (Phi) is 8.72. The molecule has 9 heteroatoms. The molecule has 0 bridgehead atoms. The molecule has 7 nitrogen and oxygen atoms in total. The van der Waals surface area contributed by atoms with Gasteiger partial charge in [-0.2, -0.15) is 4.31 Å². The standard InChI is InChI=1S/C20H26N4O3S.HI/c1-27-18-10-7-9-17(14-18)23-20(21)22-15-16-8-3-4-11-19(16)28(25,26)24-12-5-2-6-13-24;/h3-4,7-11,14H,2,5-6,12-13,15H2,1H3,(H3,21,22,23);1H. The van der Waals surface area contributed by atoms with Crippen LogP contribution in [0.3, 0.4) is 0 Å². The molecule has 3 N–H and O–H groups in total. The Bertz CT molecular complexity index is 944. The summed E-state index contributed by atoms with van der Waals surface area (Å²) in [6, 6.07) is 14.3. The van der Waals surface area contributed by atoms with Crippen LogP contribution in [0, 0.1) is 0 Å². The van der Waals surface area contributed by atoms with E-state index in [2.05, 4.69) is 10.3 Å². The maximum Gasteiger partial charge on any atom is 0.243 e. The number of piperidine rings is 1. The smallest absolute Gasteiger partial charge is 0.243 e. The summed E-state index contributed by atoms with van der Waals surface area (Å²) in [4.78, 5) is 4.62. The minimum atomic E-state index is -3.52. The van der Waals surface area contributed by atoms with Crippen molar-refractivity contribution in [3.05, 3.63) is 54.1 Å². The second kappa shape index (κ2) is 10.8. The lowest BCUT2D eigenvalue weighted by molar-refractivity contribution is 0.346. The summed E-state index contributed by atoms with van der Waals surface area (Å²) < 4.78 is 32.8. The normalized spacial score (nSPS) is 15.4. The van der Waals surface area contributed by atoms with Crippen LogP contribution in [0.15, 0.2) is 58.4 Å². The highest BCUT2D eigenvalue weighted by Crippen LogP contribution is 2.24. The number of rotatable bonds is 6. The number of ether oxygens (including phenoxy) is 1. The molecule has 2 aromatic rings. The SMILES string of the molecule is COc1cccc(NC(N)=NCc2ccccc2S(=O)(=O)N2CCCCC2)c1.I. The Labute approximate surface area is 189 Å². The number of nitrogens with two attached hydrogens (primary N) is 1. The quantitative estimate of drug-likeness (QED) is 0.339. The summed E-state index contributed by atoms with van der Waals surface area (Å²) in [6.07, 6.45) is 2.87. The molecule has 0 saturated carbocycles. The minimum Gasteiger partial charge on any atom is -0.497 e. The Balaban J connectivity index is 0.00000300. The predicted molar refractivity (Wildman–Crippen MR) is 126 cm³/mol. The van der Waals surface area contributed by atoms with E-state index in [0.29, 0.717) is 29.3 Å². The summed E-state index contributed by atoms with van der Waals surface area (Å²) in [7, 11) is -1.93. The van der Waals surface area contributed by atoms with E-state index >= 15 is 0 Å². The third-order valence-corrected chi connectivity index (χ3v) is 6.67. The lowest BCUT2D eigenvalue weighted by Crippen LogP contribution is -2.36. The lowest BCUT2D eigenvalue weighted by Gasteiger charge is -2.26. The molecule has 29 heavy (non-hydrogen) atoms. The molecule has 3 rings (SSSR count). The zero-order valence-electron chi connectivity index (χ0n) is 16.4. The highest BCUT2D eigenvalue weighted by molar-refractivity contribution is 14.0. The Hall–Kier alpha value is -1.85. The first kappa shape index (κ1) is 23.4. The number of hydrogen-bond donors (Lipinski definition) is 2. The van der Waals surface area contributed by atoms with Crippen LogP contribution >= 0.6 is 24.0 Å². The molecule has 0 spiro atoms. The molecule has 1 fully saturated rings. The van der Waals surface area contributed by atoms with Crippen molar-refractivity contribution in [3.8, 4) is 5.75 Å². The molecule has 1 aliphatic rings. The second-order valence-corrected chi connectivity index (χ2v) is 8.54. The first-order valence-corrected chi connectivity index (χ1v) is 10.7. The van der Waals surface area contributed by atoms with Gasteiger partial charge in [-0.15, -0.1) is 24.0 Å². The Morgan fingerprint density at radius 1 is 1.14 bits per heavy atom. The second-order valence-electron chi connectivity index (χ2n) is 6.63. The third kappa shape index (κ3) is 6.06. The van der Waals surface area contributed by atoms with Gasteiger partial charge >= 0.3 is 0 Å². The molecule has 0 unspecified atom stereocenters. The topological polar surface area (TPSA) is 97.0 Å². The average Bonchev–Trinajstić information content (AvgIpc) is 2.73. The van der Waals surface area contributed by atoms with Crippen LogP contribution in [-0.2, 0) is 16.6 Å². The van der Waals surface area contributed by atoms with Gasteiger partial charge in [0.05, 0.1) is 18.6 Å². The van der Waals surface area contributed by atoms with Crippen molar-refractivity contribution in [1.82, 2.24) is 4.31 Å². The number of anilines is 1. The first-order valence-electron chi connectivity index (χ1n) is 9.30. The van der Waals surface area contributed by atoms with E-state index < -0.39 is 10.0 Å². The molecule has 2 aromatic carbocycles. The minimum absolute atomic E-state index is 0. The molecule has 1 saturated heterocycles. The van der Waals surface area contributed by atoms with Crippen LogP contribution in [-0.4, -0.2) is 38.9 Å². The number of benzene rings is 2. The number of aliphatic imine (C=N–C) groups is 1. The highest BCUT2D eigenvalue weighted by Gasteiger charge is 2.27. The summed E-state index contributed by atoms with van der Waals surface area (Å²) in [5, 5.41) is 3.00. The number of halogens is 1. The number of guanidine groups is 1. The molecule has 0 aromatic heterocycles. The van der Waals surface area contributed by atoms with Gasteiger partial charge in [-0.05, 0) is 36.6 Å². The van der Waals surface area contributed by atoms with Crippen molar-refractivity contribution in [2.75, 3.05) is 25.5 Å². The number of nitrogens with zero attached hydrogens (tertiary/aromatic N) is 2. The molecule has 1 heterocycles. The highest BCUT2D eigenvalue weighted by atomic mass is 127. The van der Waals surface area contributed by atoms with Crippen molar-refractivity contribution >= 4 is 45.6 Å². The van der Waals surface area contributed by atoms with E-state index in [1.54, 1.807) is 35.7 Å². The number of hydrogen-bond acceptors (Lipinski definition) is 4. The molecule has 0 radical (unpaired) electrons. The fourth-order valence-corrected chi connectivity index (χ4v) is 4.92. The largest absolute Gasteiger partial charge is 0.497 e. The fraction of sp³-hybridized carbons (Fsp3) is 0.350. The van der Waals surface area contributed by atoms with Gasteiger partial charge in [-0.1, -0.05) is 30.7 Å². The van der Waals surface area contributed by atoms with Crippen LogP contribution in [0.4, 0.5) is 5.69 Å². The van der Waals surface area contributed by atoms with Crippen LogP contribution in [0.25, 0.3) is 0 Å². The monoisotopic (exact) mass is 530 g/mol. The van der Waals surface area contributed by atoms with Gasteiger partial charge in [0.1, 0.15) is 5.75 Å². The van der Waals surface area contributed by atoms with Gasteiger partial charge in [0, 0.05) is 24.8 Å². The number of nitrogens with one attached hydrogen (secondary N) is 1. The molecule has 158 valence electrons. The summed E-state index contributed by atoms with van der Waals surface area (Å²) >= 11 is 0. The molecule has 0 aliphatic carbocycles. The van der Waals surface area contributed by atoms with E-state index in [4.69, 9.17) is 10.5 Å². The van der Waals surface area contributed by atoms with E-state index in [9.17, 15) is 8.42 Å². The summed E-state index contributed by atoms with van der Waals surface area (Å²) in [6.45, 7) is 1.31. The fourth-order valence-electron chi connectivity index (χ4n) is 3.19. The zero-order chi connectivity index (χ0) is 20.0. The number of sulfonamides is 1. The van der Waals surface area contributed by atoms with E-state index in [-0.39, 0.29) is 36.5 Å². The van der Waals surface area contributed by atoms with Crippen molar-refractivity contribution in [1.29, 1.82) is 0 Å². The van der Waals surface area contributed by atoms with Crippen molar-refractivity contribution < 1.29 is 13.2 Å². The first-order chi connectivity index (χ1) is 13.5. The van der Waals surface area contributed by atoms with Crippen LogP contribution in [0.5, 0.6) is 5.75 Å². The van der Waals surface area contributed by atoms with Crippen LogP contribution in [0.2, 0.25) is 0 Å². The maximum atomic E-state index is 13.0. The third-order valence-electron chi connectivity index (χ3n) is 4.67. The molecular formula is C20H27IN4O3S. The lowest BCUT2D eigenvalue weighted by atomic mass is 10.2. The number of methoxy groups -OCH3 is 1. The Morgan fingerprint density at radius 3 is 2.59 bits per heavy atom. The van der Waals surface area contributed by atoms with Crippen molar-refractivity contribution in [2.24, 2.45) is 10.7 Å². The van der Waals surface area contributed by atoms with E-state index in [1.807, 2.05) is 24.3 Å². The van der Waals surface area contributed by atoms with Crippen molar-refractivity contribution in [3.63, 3.8) is 0 Å². The predicted octanol–water partition coefficient (Wildman–Crippen LogP) is 3.41. The molecule has 0 amide bonds. The summed E-state index contributed by atoms with van der Waals surface area (Å²) in [5.41, 5.74) is 7.36. The Morgan fingerprint density at radius 2 is 1.86 bits per heavy atom. The van der Waals surface area contributed by atoms with Gasteiger partial charge in [0.15, 0.2) is 5.96 Å². The zero-order valence-corrected chi connectivity index (χ0v) is 19.5. The molecule has 1 aliphatic heterocycles.